The van der Waals surface area contributed by atoms with Crippen molar-refractivity contribution in [2.75, 3.05) is 13.1 Å². The first-order chi connectivity index (χ1) is 9.54. The molecular formula is C14H16N2O3S. The van der Waals surface area contributed by atoms with Crippen molar-refractivity contribution in [1.82, 2.24) is 10.0 Å². The topological polar surface area (TPSA) is 75.3 Å². The molecule has 0 aromatic heterocycles. The van der Waals surface area contributed by atoms with E-state index in [1.54, 1.807) is 25.1 Å². The molecule has 2 aromatic rings. The number of fused-ring (bicyclic) bond motifs is 1. The molecule has 0 saturated carbocycles. The van der Waals surface area contributed by atoms with Crippen molar-refractivity contribution in [2.45, 2.75) is 11.8 Å². The van der Waals surface area contributed by atoms with Gasteiger partial charge in [0.25, 0.3) is 0 Å². The van der Waals surface area contributed by atoms with E-state index in [1.807, 2.05) is 18.2 Å². The molecule has 2 aromatic carbocycles. The van der Waals surface area contributed by atoms with E-state index in [0.717, 1.165) is 5.39 Å². The summed E-state index contributed by atoms with van der Waals surface area (Å²) in [6.07, 6.45) is 0. The highest BCUT2D eigenvalue weighted by Crippen LogP contribution is 2.22. The highest BCUT2D eigenvalue weighted by molar-refractivity contribution is 7.89. The van der Waals surface area contributed by atoms with Crippen LogP contribution in [-0.4, -0.2) is 27.4 Å². The maximum absolute atomic E-state index is 12.3. The van der Waals surface area contributed by atoms with Gasteiger partial charge >= 0.3 is 0 Å². The zero-order valence-electron chi connectivity index (χ0n) is 11.1. The Morgan fingerprint density at radius 1 is 1.10 bits per heavy atom. The van der Waals surface area contributed by atoms with Gasteiger partial charge in [0.15, 0.2) is 0 Å². The lowest BCUT2D eigenvalue weighted by atomic mass is 10.1. The number of hydrogen-bond acceptors (Lipinski definition) is 3. The third-order valence-electron chi connectivity index (χ3n) is 2.84. The SMILES string of the molecule is CCNC(=O)CNS(=O)(=O)c1cccc2ccccc12. The first-order valence-corrected chi connectivity index (χ1v) is 7.77. The van der Waals surface area contributed by atoms with Crippen molar-refractivity contribution in [2.24, 2.45) is 0 Å². The Morgan fingerprint density at radius 2 is 1.80 bits per heavy atom. The van der Waals surface area contributed by atoms with Gasteiger partial charge in [-0.1, -0.05) is 36.4 Å². The molecule has 1 amide bonds. The zero-order valence-corrected chi connectivity index (χ0v) is 11.9. The van der Waals surface area contributed by atoms with Crippen molar-refractivity contribution < 1.29 is 13.2 Å². The fourth-order valence-electron chi connectivity index (χ4n) is 1.93. The van der Waals surface area contributed by atoms with Crippen LogP contribution in [-0.2, 0) is 14.8 Å². The van der Waals surface area contributed by atoms with Crippen molar-refractivity contribution >= 4 is 26.7 Å². The van der Waals surface area contributed by atoms with E-state index in [-0.39, 0.29) is 17.3 Å². The van der Waals surface area contributed by atoms with Crippen LogP contribution in [0.4, 0.5) is 0 Å². The molecule has 0 aliphatic rings. The number of carbonyl (C=O) groups is 1. The third kappa shape index (κ3) is 3.15. The third-order valence-corrected chi connectivity index (χ3v) is 4.30. The summed E-state index contributed by atoms with van der Waals surface area (Å²) in [5.74, 6) is -0.351. The number of benzene rings is 2. The minimum absolute atomic E-state index is 0.180. The Labute approximate surface area is 118 Å². The fraction of sp³-hybridized carbons (Fsp3) is 0.214. The molecular weight excluding hydrogens is 276 g/mol. The van der Waals surface area contributed by atoms with Gasteiger partial charge in [0, 0.05) is 11.9 Å². The first-order valence-electron chi connectivity index (χ1n) is 6.28. The summed E-state index contributed by atoms with van der Waals surface area (Å²) in [6.45, 7) is 1.98. The summed E-state index contributed by atoms with van der Waals surface area (Å²) in [5, 5.41) is 4.02. The highest BCUT2D eigenvalue weighted by Gasteiger charge is 2.17. The van der Waals surface area contributed by atoms with Gasteiger partial charge in [-0.05, 0) is 18.4 Å². The second-order valence-electron chi connectivity index (χ2n) is 4.26. The molecule has 0 radical (unpaired) electrons. The van der Waals surface area contributed by atoms with E-state index in [1.165, 1.54) is 6.07 Å². The summed E-state index contributed by atoms with van der Waals surface area (Å²) < 4.78 is 26.8. The molecule has 0 aliphatic heterocycles. The van der Waals surface area contributed by atoms with Crippen molar-refractivity contribution in [3.05, 3.63) is 42.5 Å². The summed E-state index contributed by atoms with van der Waals surface area (Å²) in [7, 11) is -3.71. The molecule has 0 fully saturated rings. The summed E-state index contributed by atoms with van der Waals surface area (Å²) in [5.41, 5.74) is 0. The van der Waals surface area contributed by atoms with Gasteiger partial charge in [-0.2, -0.15) is 0 Å². The van der Waals surface area contributed by atoms with Crippen LogP contribution in [0.15, 0.2) is 47.4 Å². The first kappa shape index (κ1) is 14.5. The molecule has 0 unspecified atom stereocenters. The van der Waals surface area contributed by atoms with Crippen molar-refractivity contribution in [3.8, 4) is 0 Å². The monoisotopic (exact) mass is 292 g/mol. The van der Waals surface area contributed by atoms with Crippen LogP contribution in [0.5, 0.6) is 0 Å². The molecule has 2 N–H and O–H groups in total. The molecule has 0 atom stereocenters. The Kier molecular flexibility index (Phi) is 4.36. The molecule has 2 rings (SSSR count). The minimum atomic E-state index is -3.71. The maximum atomic E-state index is 12.3. The van der Waals surface area contributed by atoms with E-state index in [9.17, 15) is 13.2 Å². The van der Waals surface area contributed by atoms with Gasteiger partial charge < -0.3 is 5.32 Å². The van der Waals surface area contributed by atoms with E-state index < -0.39 is 10.0 Å². The quantitative estimate of drug-likeness (QED) is 0.871. The zero-order chi connectivity index (χ0) is 14.6. The smallest absolute Gasteiger partial charge is 0.241 e. The van der Waals surface area contributed by atoms with Gasteiger partial charge in [-0.15, -0.1) is 0 Å². The van der Waals surface area contributed by atoms with Crippen LogP contribution in [0.1, 0.15) is 6.92 Å². The molecule has 6 heteroatoms. The standard InChI is InChI=1S/C14H16N2O3S/c1-2-15-14(17)10-16-20(18,19)13-9-5-7-11-6-3-4-8-12(11)13/h3-9,16H,2,10H2,1H3,(H,15,17). The van der Waals surface area contributed by atoms with Crippen LogP contribution in [0.25, 0.3) is 10.8 Å². The number of carbonyl (C=O) groups excluding carboxylic acids is 1. The predicted molar refractivity (Wildman–Crippen MR) is 77.8 cm³/mol. The van der Waals surface area contributed by atoms with Crippen LogP contribution in [0.2, 0.25) is 0 Å². The fourth-order valence-corrected chi connectivity index (χ4v) is 3.14. The van der Waals surface area contributed by atoms with E-state index in [4.69, 9.17) is 0 Å². The maximum Gasteiger partial charge on any atom is 0.241 e. The van der Waals surface area contributed by atoms with E-state index in [2.05, 4.69) is 10.0 Å². The van der Waals surface area contributed by atoms with Crippen LogP contribution in [0, 0.1) is 0 Å². The van der Waals surface area contributed by atoms with E-state index in [0.29, 0.717) is 11.9 Å². The molecule has 106 valence electrons. The minimum Gasteiger partial charge on any atom is -0.355 e. The average Bonchev–Trinajstić information content (AvgIpc) is 2.45. The van der Waals surface area contributed by atoms with Crippen LogP contribution < -0.4 is 10.0 Å². The Hall–Kier alpha value is -1.92. The summed E-state index contributed by atoms with van der Waals surface area (Å²) >= 11 is 0. The molecule has 0 aliphatic carbocycles. The van der Waals surface area contributed by atoms with Crippen LogP contribution in [0.3, 0.4) is 0 Å². The summed E-state index contributed by atoms with van der Waals surface area (Å²) in [6, 6.07) is 12.3. The largest absolute Gasteiger partial charge is 0.355 e. The number of likely N-dealkylation sites (N-methyl/N-ethyl adjacent to an activating group) is 1. The number of sulfonamides is 1. The lowest BCUT2D eigenvalue weighted by Crippen LogP contribution is -2.36. The van der Waals surface area contributed by atoms with Gasteiger partial charge in [-0.3, -0.25) is 4.79 Å². The van der Waals surface area contributed by atoms with E-state index >= 15 is 0 Å². The van der Waals surface area contributed by atoms with Crippen LogP contribution >= 0.6 is 0 Å². The van der Waals surface area contributed by atoms with Gasteiger partial charge in [0.2, 0.25) is 15.9 Å². The Bertz CT molecular complexity index is 721. The Morgan fingerprint density at radius 3 is 2.55 bits per heavy atom. The van der Waals surface area contributed by atoms with Gasteiger partial charge in [0.05, 0.1) is 11.4 Å². The number of nitrogens with one attached hydrogen (secondary N) is 2. The normalized spacial score (nSPS) is 11.4. The molecule has 0 heterocycles. The second-order valence-corrected chi connectivity index (χ2v) is 5.99. The predicted octanol–water partition coefficient (Wildman–Crippen LogP) is 1.25. The molecule has 0 bridgehead atoms. The molecule has 0 saturated heterocycles. The molecule has 5 nitrogen and oxygen atoms in total. The van der Waals surface area contributed by atoms with Gasteiger partial charge in [-0.25, -0.2) is 13.1 Å². The highest BCUT2D eigenvalue weighted by atomic mass is 32.2. The lowest BCUT2D eigenvalue weighted by molar-refractivity contribution is -0.119. The second kappa shape index (κ2) is 6.02. The average molecular weight is 292 g/mol. The number of hydrogen-bond donors (Lipinski definition) is 2. The number of amides is 1. The lowest BCUT2D eigenvalue weighted by Gasteiger charge is -2.09. The van der Waals surface area contributed by atoms with Crippen molar-refractivity contribution in [3.63, 3.8) is 0 Å². The van der Waals surface area contributed by atoms with Crippen molar-refractivity contribution in [1.29, 1.82) is 0 Å². The molecule has 20 heavy (non-hydrogen) atoms. The Balaban J connectivity index is 2.30. The van der Waals surface area contributed by atoms with Gasteiger partial charge in [0.1, 0.15) is 0 Å². The number of rotatable bonds is 5. The summed E-state index contributed by atoms with van der Waals surface area (Å²) in [4.78, 5) is 11.5. The molecule has 0 spiro atoms.